The van der Waals surface area contributed by atoms with Crippen LogP contribution in [0.3, 0.4) is 0 Å². The van der Waals surface area contributed by atoms with Gasteiger partial charge in [0, 0.05) is 9.75 Å². The Labute approximate surface area is 98.8 Å². The standard InChI is InChI=1S/C12H15NS2/c1-3-11(14-9-1)5-7-13-8-6-12-4-2-10-15-12/h1-4,9-10,13H,5-8H2. The van der Waals surface area contributed by atoms with E-state index in [4.69, 9.17) is 0 Å². The molecule has 0 aromatic carbocycles. The van der Waals surface area contributed by atoms with Gasteiger partial charge in [0.2, 0.25) is 0 Å². The fraction of sp³-hybridized carbons (Fsp3) is 0.333. The summed E-state index contributed by atoms with van der Waals surface area (Å²) in [5, 5.41) is 7.76. The average molecular weight is 237 g/mol. The number of rotatable bonds is 6. The van der Waals surface area contributed by atoms with E-state index in [1.807, 2.05) is 22.7 Å². The van der Waals surface area contributed by atoms with E-state index in [-0.39, 0.29) is 0 Å². The molecule has 2 rings (SSSR count). The fourth-order valence-electron chi connectivity index (χ4n) is 1.46. The fourth-order valence-corrected chi connectivity index (χ4v) is 2.88. The van der Waals surface area contributed by atoms with Gasteiger partial charge in [-0.25, -0.2) is 0 Å². The molecule has 0 aliphatic rings. The maximum absolute atomic E-state index is 3.48. The summed E-state index contributed by atoms with van der Waals surface area (Å²) < 4.78 is 0. The first-order valence-corrected chi connectivity index (χ1v) is 6.96. The molecule has 0 unspecified atom stereocenters. The quantitative estimate of drug-likeness (QED) is 0.761. The predicted octanol–water partition coefficient (Wildman–Crippen LogP) is 3.18. The molecule has 1 N–H and O–H groups in total. The van der Waals surface area contributed by atoms with Crippen LogP contribution in [0.1, 0.15) is 9.75 Å². The van der Waals surface area contributed by atoms with E-state index in [0.29, 0.717) is 0 Å². The topological polar surface area (TPSA) is 12.0 Å². The van der Waals surface area contributed by atoms with Crippen molar-refractivity contribution in [2.24, 2.45) is 0 Å². The summed E-state index contributed by atoms with van der Waals surface area (Å²) in [7, 11) is 0. The van der Waals surface area contributed by atoms with Crippen molar-refractivity contribution in [2.75, 3.05) is 13.1 Å². The van der Waals surface area contributed by atoms with Gasteiger partial charge < -0.3 is 5.32 Å². The zero-order valence-electron chi connectivity index (χ0n) is 8.61. The highest BCUT2D eigenvalue weighted by Gasteiger charge is 1.95. The molecule has 0 fully saturated rings. The van der Waals surface area contributed by atoms with Crippen molar-refractivity contribution >= 4 is 22.7 Å². The minimum Gasteiger partial charge on any atom is -0.316 e. The molecule has 0 aliphatic heterocycles. The Morgan fingerprint density at radius 3 is 1.80 bits per heavy atom. The summed E-state index contributed by atoms with van der Waals surface area (Å²) in [5.74, 6) is 0. The maximum atomic E-state index is 3.48. The number of hydrogen-bond acceptors (Lipinski definition) is 3. The molecule has 2 aromatic rings. The summed E-state index contributed by atoms with van der Waals surface area (Å²) in [6, 6.07) is 8.63. The van der Waals surface area contributed by atoms with E-state index < -0.39 is 0 Å². The van der Waals surface area contributed by atoms with Gasteiger partial charge in [-0.3, -0.25) is 0 Å². The lowest BCUT2D eigenvalue weighted by molar-refractivity contribution is 0.688. The number of thiophene rings is 2. The van der Waals surface area contributed by atoms with Crippen molar-refractivity contribution in [2.45, 2.75) is 12.8 Å². The molecule has 0 amide bonds. The predicted molar refractivity (Wildman–Crippen MR) is 68.9 cm³/mol. The van der Waals surface area contributed by atoms with Crippen molar-refractivity contribution in [3.63, 3.8) is 0 Å². The Bertz CT molecular complexity index is 315. The molecule has 1 nitrogen and oxygen atoms in total. The van der Waals surface area contributed by atoms with Gasteiger partial charge in [0.1, 0.15) is 0 Å². The van der Waals surface area contributed by atoms with Crippen LogP contribution < -0.4 is 5.32 Å². The molecule has 0 aliphatic carbocycles. The molecule has 80 valence electrons. The normalized spacial score (nSPS) is 10.7. The monoisotopic (exact) mass is 237 g/mol. The highest BCUT2D eigenvalue weighted by atomic mass is 32.1. The van der Waals surface area contributed by atoms with Gasteiger partial charge in [-0.15, -0.1) is 22.7 Å². The van der Waals surface area contributed by atoms with Crippen LogP contribution >= 0.6 is 22.7 Å². The van der Waals surface area contributed by atoms with Gasteiger partial charge >= 0.3 is 0 Å². The van der Waals surface area contributed by atoms with Crippen LogP contribution in [0.5, 0.6) is 0 Å². The van der Waals surface area contributed by atoms with Crippen LogP contribution in [0, 0.1) is 0 Å². The Balaban J connectivity index is 1.56. The lowest BCUT2D eigenvalue weighted by Crippen LogP contribution is -2.19. The second-order valence-electron chi connectivity index (χ2n) is 3.41. The molecule has 3 heteroatoms. The first kappa shape index (κ1) is 10.9. The average Bonchev–Trinajstić information content (AvgIpc) is 2.88. The van der Waals surface area contributed by atoms with Crippen molar-refractivity contribution < 1.29 is 0 Å². The lowest BCUT2D eigenvalue weighted by atomic mass is 10.3. The highest BCUT2D eigenvalue weighted by Crippen LogP contribution is 2.09. The molecular formula is C12H15NS2. The lowest BCUT2D eigenvalue weighted by Gasteiger charge is -2.01. The minimum atomic E-state index is 1.09. The Hall–Kier alpha value is -0.640. The highest BCUT2D eigenvalue weighted by molar-refractivity contribution is 7.10. The van der Waals surface area contributed by atoms with Crippen LogP contribution in [0.25, 0.3) is 0 Å². The van der Waals surface area contributed by atoms with Crippen molar-refractivity contribution in [1.82, 2.24) is 5.32 Å². The van der Waals surface area contributed by atoms with E-state index in [9.17, 15) is 0 Å². The Morgan fingerprint density at radius 2 is 1.40 bits per heavy atom. The Kier molecular flexibility index (Phi) is 4.39. The maximum Gasteiger partial charge on any atom is 0.00578 e. The molecular weight excluding hydrogens is 222 g/mol. The third kappa shape index (κ3) is 3.78. The summed E-state index contributed by atoms with van der Waals surface area (Å²) >= 11 is 3.68. The van der Waals surface area contributed by atoms with Gasteiger partial charge in [-0.05, 0) is 48.8 Å². The molecule has 2 heterocycles. The van der Waals surface area contributed by atoms with E-state index >= 15 is 0 Å². The molecule has 15 heavy (non-hydrogen) atoms. The third-order valence-corrected chi connectivity index (χ3v) is 4.13. The van der Waals surface area contributed by atoms with Crippen LogP contribution in [-0.2, 0) is 12.8 Å². The first-order chi connectivity index (χ1) is 7.45. The summed E-state index contributed by atoms with van der Waals surface area (Å²) in [4.78, 5) is 2.94. The van der Waals surface area contributed by atoms with E-state index in [0.717, 1.165) is 25.9 Å². The van der Waals surface area contributed by atoms with Gasteiger partial charge in [-0.2, -0.15) is 0 Å². The molecule has 0 spiro atoms. The smallest absolute Gasteiger partial charge is 0.00578 e. The largest absolute Gasteiger partial charge is 0.316 e. The summed E-state index contributed by atoms with van der Waals surface area (Å²) in [6.45, 7) is 2.18. The summed E-state index contributed by atoms with van der Waals surface area (Å²) in [6.07, 6.45) is 2.31. The molecule has 0 saturated heterocycles. The zero-order valence-corrected chi connectivity index (χ0v) is 10.2. The van der Waals surface area contributed by atoms with Crippen molar-refractivity contribution in [1.29, 1.82) is 0 Å². The summed E-state index contributed by atoms with van der Waals surface area (Å²) in [5.41, 5.74) is 0. The van der Waals surface area contributed by atoms with Crippen molar-refractivity contribution in [3.8, 4) is 0 Å². The number of hydrogen-bond donors (Lipinski definition) is 1. The second kappa shape index (κ2) is 6.05. The number of nitrogens with one attached hydrogen (secondary N) is 1. The van der Waals surface area contributed by atoms with Gasteiger partial charge in [0.25, 0.3) is 0 Å². The SMILES string of the molecule is c1csc(CCNCCc2cccs2)c1. The minimum absolute atomic E-state index is 1.09. The van der Waals surface area contributed by atoms with E-state index in [1.54, 1.807) is 0 Å². The molecule has 0 atom stereocenters. The molecule has 2 aromatic heterocycles. The zero-order chi connectivity index (χ0) is 10.3. The Morgan fingerprint density at radius 1 is 0.867 bits per heavy atom. The van der Waals surface area contributed by atoms with Crippen LogP contribution in [0.2, 0.25) is 0 Å². The third-order valence-electron chi connectivity index (χ3n) is 2.26. The molecule has 0 radical (unpaired) electrons. The molecule has 0 bridgehead atoms. The van der Waals surface area contributed by atoms with Crippen molar-refractivity contribution in [3.05, 3.63) is 44.8 Å². The van der Waals surface area contributed by atoms with Gasteiger partial charge in [0.05, 0.1) is 0 Å². The van der Waals surface area contributed by atoms with Crippen LogP contribution in [0.15, 0.2) is 35.0 Å². The molecule has 0 saturated carbocycles. The van der Waals surface area contributed by atoms with E-state index in [2.05, 4.69) is 40.3 Å². The second-order valence-corrected chi connectivity index (χ2v) is 5.47. The van der Waals surface area contributed by atoms with Gasteiger partial charge in [-0.1, -0.05) is 12.1 Å². The van der Waals surface area contributed by atoms with Crippen LogP contribution in [-0.4, -0.2) is 13.1 Å². The van der Waals surface area contributed by atoms with Crippen LogP contribution in [0.4, 0.5) is 0 Å². The first-order valence-electron chi connectivity index (χ1n) is 5.20. The van der Waals surface area contributed by atoms with E-state index in [1.165, 1.54) is 9.75 Å². The van der Waals surface area contributed by atoms with Gasteiger partial charge in [0.15, 0.2) is 0 Å².